The van der Waals surface area contributed by atoms with E-state index in [0.29, 0.717) is 17.5 Å². The van der Waals surface area contributed by atoms with E-state index in [2.05, 4.69) is 126 Å². The van der Waals surface area contributed by atoms with Crippen molar-refractivity contribution in [1.29, 1.82) is 0 Å². The van der Waals surface area contributed by atoms with E-state index in [0.717, 1.165) is 33.4 Å². The highest BCUT2D eigenvalue weighted by molar-refractivity contribution is 6.27. The fourth-order valence-corrected chi connectivity index (χ4v) is 8.21. The zero-order valence-electron chi connectivity index (χ0n) is 28.6. The predicted octanol–water partition coefficient (Wildman–Crippen LogP) is 12.4. The molecule has 1 aliphatic carbocycles. The Morgan fingerprint density at radius 3 is 1.43 bits per heavy atom. The maximum Gasteiger partial charge on any atom is 0.164 e. The average molecular weight is 675 g/mol. The van der Waals surface area contributed by atoms with Crippen LogP contribution >= 0.6 is 0 Å². The highest BCUT2D eigenvalue weighted by Crippen LogP contribution is 2.50. The molecule has 0 fully saturated rings. The van der Waals surface area contributed by atoms with Crippen molar-refractivity contribution in [3.8, 4) is 73.2 Å². The second kappa shape index (κ2) is 11.7. The third kappa shape index (κ3) is 4.66. The Morgan fingerprint density at radius 1 is 0.302 bits per heavy atom. The normalized spacial score (nSPS) is 11.8. The molecule has 0 amide bonds. The molecule has 0 spiro atoms. The van der Waals surface area contributed by atoms with Crippen molar-refractivity contribution in [2.75, 3.05) is 0 Å². The molecule has 0 atom stereocenters. The van der Waals surface area contributed by atoms with Crippen LogP contribution in [0.1, 0.15) is 0 Å². The first-order valence-corrected chi connectivity index (χ1v) is 18.0. The number of nitrogens with zero attached hydrogens (tertiary/aromatic N) is 4. The van der Waals surface area contributed by atoms with Gasteiger partial charge in [0, 0.05) is 33.2 Å². The van der Waals surface area contributed by atoms with Crippen LogP contribution in [-0.2, 0) is 0 Å². The molecule has 2 heterocycles. The van der Waals surface area contributed by atoms with E-state index in [1.807, 2.05) is 60.7 Å². The van der Waals surface area contributed by atoms with E-state index in [-0.39, 0.29) is 0 Å². The van der Waals surface area contributed by atoms with Gasteiger partial charge in [-0.1, -0.05) is 152 Å². The summed E-state index contributed by atoms with van der Waals surface area (Å²) in [7, 11) is 0. The van der Waals surface area contributed by atoms with Crippen molar-refractivity contribution in [3.05, 3.63) is 182 Å². The standard InChI is InChI=1S/C49H30N4/c1-4-14-31(15-5-1)36-29-41-40-25-12-21-32-20-11-24-38(44(32)40)39-26-13-27-42-45(39)46(41)43(30-36)53(42)37-23-10-22-35(28-37)49-51-47(33-16-6-2-7-17-33)50-48(52-49)34-18-8-3-9-19-34/h1-30H. The molecule has 0 saturated heterocycles. The van der Waals surface area contributed by atoms with E-state index in [4.69, 9.17) is 15.0 Å². The second-order valence-corrected chi connectivity index (χ2v) is 13.6. The summed E-state index contributed by atoms with van der Waals surface area (Å²) in [5, 5.41) is 5.09. The Morgan fingerprint density at radius 2 is 0.792 bits per heavy atom. The number of hydrogen-bond donors (Lipinski definition) is 0. The highest BCUT2D eigenvalue weighted by atomic mass is 15.0. The van der Waals surface area contributed by atoms with E-state index in [1.165, 1.54) is 54.9 Å². The fraction of sp³-hybridized carbons (Fsp3) is 0. The van der Waals surface area contributed by atoms with Crippen LogP contribution in [0, 0.1) is 0 Å². The summed E-state index contributed by atoms with van der Waals surface area (Å²) in [6, 6.07) is 64.6. The molecular formula is C49H30N4. The molecule has 2 aromatic heterocycles. The Kier molecular flexibility index (Phi) is 6.52. The van der Waals surface area contributed by atoms with Crippen LogP contribution in [0.4, 0.5) is 0 Å². The monoisotopic (exact) mass is 674 g/mol. The maximum absolute atomic E-state index is 5.07. The summed E-state index contributed by atoms with van der Waals surface area (Å²) >= 11 is 0. The minimum Gasteiger partial charge on any atom is -0.309 e. The third-order valence-electron chi connectivity index (χ3n) is 10.5. The van der Waals surface area contributed by atoms with E-state index >= 15 is 0 Å². The van der Waals surface area contributed by atoms with Gasteiger partial charge in [-0.25, -0.2) is 15.0 Å². The van der Waals surface area contributed by atoms with Gasteiger partial charge in [0.2, 0.25) is 0 Å². The van der Waals surface area contributed by atoms with Crippen molar-refractivity contribution in [2.45, 2.75) is 0 Å². The van der Waals surface area contributed by atoms with Crippen molar-refractivity contribution >= 4 is 32.6 Å². The van der Waals surface area contributed by atoms with Crippen LogP contribution in [0.5, 0.6) is 0 Å². The van der Waals surface area contributed by atoms with Gasteiger partial charge in [-0.05, 0) is 74.5 Å². The molecule has 0 saturated carbocycles. The topological polar surface area (TPSA) is 43.6 Å². The Labute approximate surface area is 306 Å². The van der Waals surface area contributed by atoms with Crippen LogP contribution in [0.2, 0.25) is 0 Å². The summed E-state index contributed by atoms with van der Waals surface area (Å²) < 4.78 is 2.43. The number of aromatic nitrogens is 4. The first kappa shape index (κ1) is 29.5. The fourth-order valence-electron chi connectivity index (χ4n) is 8.21. The molecule has 0 N–H and O–H groups in total. The van der Waals surface area contributed by atoms with Crippen molar-refractivity contribution in [2.24, 2.45) is 0 Å². The molecule has 246 valence electrons. The Balaban J connectivity index is 1.20. The van der Waals surface area contributed by atoms with E-state index < -0.39 is 0 Å². The maximum atomic E-state index is 5.07. The molecule has 11 rings (SSSR count). The highest BCUT2D eigenvalue weighted by Gasteiger charge is 2.26. The number of benzene rings is 8. The summed E-state index contributed by atoms with van der Waals surface area (Å²) in [6.07, 6.45) is 0. The summed E-state index contributed by atoms with van der Waals surface area (Å²) in [5.74, 6) is 1.93. The van der Waals surface area contributed by atoms with E-state index in [9.17, 15) is 0 Å². The van der Waals surface area contributed by atoms with Gasteiger partial charge in [-0.3, -0.25) is 0 Å². The summed E-state index contributed by atoms with van der Waals surface area (Å²) in [4.78, 5) is 15.1. The molecule has 4 heteroatoms. The lowest BCUT2D eigenvalue weighted by molar-refractivity contribution is 1.07. The van der Waals surface area contributed by atoms with Crippen LogP contribution in [-0.4, -0.2) is 19.5 Å². The SMILES string of the molecule is c1ccc(-c2cc3c4c5c(cccc5n(-c5cccc(-c6nc(-c7ccccc7)nc(-c7ccccc7)n6)c5)c4c2)-c2cccc4cccc-3c24)cc1. The quantitative estimate of drug-likeness (QED) is 0.182. The van der Waals surface area contributed by atoms with Crippen LogP contribution < -0.4 is 0 Å². The molecule has 0 aliphatic heterocycles. The zero-order valence-corrected chi connectivity index (χ0v) is 28.6. The first-order valence-electron chi connectivity index (χ1n) is 18.0. The van der Waals surface area contributed by atoms with E-state index in [1.54, 1.807) is 0 Å². The van der Waals surface area contributed by atoms with Crippen LogP contribution in [0.3, 0.4) is 0 Å². The van der Waals surface area contributed by atoms with Gasteiger partial charge in [-0.2, -0.15) is 0 Å². The lowest BCUT2D eigenvalue weighted by Crippen LogP contribution is -2.01. The molecule has 53 heavy (non-hydrogen) atoms. The Bertz CT molecular complexity index is 2980. The van der Waals surface area contributed by atoms with Gasteiger partial charge >= 0.3 is 0 Å². The predicted molar refractivity (Wildman–Crippen MR) is 218 cm³/mol. The minimum atomic E-state index is 0.633. The average Bonchev–Trinajstić information content (AvgIpc) is 3.52. The molecule has 0 unspecified atom stereocenters. The molecular weight excluding hydrogens is 645 g/mol. The molecule has 4 nitrogen and oxygen atoms in total. The number of hydrogen-bond acceptors (Lipinski definition) is 3. The van der Waals surface area contributed by atoms with Crippen molar-refractivity contribution in [1.82, 2.24) is 19.5 Å². The molecule has 0 radical (unpaired) electrons. The number of fused-ring (bicyclic) bond motifs is 2. The largest absolute Gasteiger partial charge is 0.309 e. The van der Waals surface area contributed by atoms with Crippen molar-refractivity contribution < 1.29 is 0 Å². The van der Waals surface area contributed by atoms with Crippen molar-refractivity contribution in [3.63, 3.8) is 0 Å². The summed E-state index contributed by atoms with van der Waals surface area (Å²) in [6.45, 7) is 0. The van der Waals surface area contributed by atoms with Gasteiger partial charge in [0.15, 0.2) is 17.5 Å². The van der Waals surface area contributed by atoms with Crippen LogP contribution in [0.15, 0.2) is 182 Å². The minimum absolute atomic E-state index is 0.633. The van der Waals surface area contributed by atoms with Gasteiger partial charge < -0.3 is 4.57 Å². The molecule has 8 aromatic carbocycles. The third-order valence-corrected chi connectivity index (χ3v) is 10.5. The van der Waals surface area contributed by atoms with Gasteiger partial charge in [0.25, 0.3) is 0 Å². The molecule has 10 aromatic rings. The Hall–Kier alpha value is -7.17. The summed E-state index contributed by atoms with van der Waals surface area (Å²) in [5.41, 5.74) is 13.6. The second-order valence-electron chi connectivity index (χ2n) is 13.6. The van der Waals surface area contributed by atoms with Crippen LogP contribution in [0.25, 0.3) is 106 Å². The molecule has 0 bridgehead atoms. The smallest absolute Gasteiger partial charge is 0.164 e. The van der Waals surface area contributed by atoms with Gasteiger partial charge in [0.05, 0.1) is 11.0 Å². The lowest BCUT2D eigenvalue weighted by atomic mass is 9.92. The van der Waals surface area contributed by atoms with Gasteiger partial charge in [0.1, 0.15) is 0 Å². The lowest BCUT2D eigenvalue weighted by Gasteiger charge is -2.15. The first-order chi connectivity index (χ1) is 26.3. The number of rotatable bonds is 5. The zero-order chi connectivity index (χ0) is 34.9. The van der Waals surface area contributed by atoms with Gasteiger partial charge in [-0.15, -0.1) is 0 Å². The molecule has 1 aliphatic rings.